The highest BCUT2D eigenvalue weighted by Gasteiger charge is 2.20. The zero-order valence-corrected chi connectivity index (χ0v) is 11.7. The highest BCUT2D eigenvalue weighted by molar-refractivity contribution is 5.84. The van der Waals surface area contributed by atoms with E-state index in [1.807, 2.05) is 12.4 Å². The molecular weight excluding hydrogens is 236 g/mol. The van der Waals surface area contributed by atoms with Crippen LogP contribution >= 0.6 is 0 Å². The zero-order valence-electron chi connectivity index (χ0n) is 11.7. The Kier molecular flexibility index (Phi) is 4.51. The van der Waals surface area contributed by atoms with Gasteiger partial charge in [-0.2, -0.15) is 0 Å². The second kappa shape index (κ2) is 6.13. The Labute approximate surface area is 114 Å². The standard InChI is InChI=1S/C16H22N2O/c1-3-16(2,8-10-19)18-12-14-6-4-5-13-11-17-9-7-15(13)14/h4-7,9,11,18-19H,3,8,10,12H2,1-2H3. The highest BCUT2D eigenvalue weighted by Crippen LogP contribution is 2.20. The summed E-state index contributed by atoms with van der Waals surface area (Å²) in [7, 11) is 0. The lowest BCUT2D eigenvalue weighted by Crippen LogP contribution is -2.42. The Bertz CT molecular complexity index is 536. The van der Waals surface area contributed by atoms with Gasteiger partial charge in [0.1, 0.15) is 0 Å². The molecule has 1 aromatic carbocycles. The van der Waals surface area contributed by atoms with Crippen LogP contribution in [-0.2, 0) is 6.54 Å². The first kappa shape index (κ1) is 14.0. The van der Waals surface area contributed by atoms with E-state index in [-0.39, 0.29) is 12.1 Å². The van der Waals surface area contributed by atoms with Crippen LogP contribution in [0.4, 0.5) is 0 Å². The van der Waals surface area contributed by atoms with Gasteiger partial charge in [0.05, 0.1) is 0 Å². The third-order valence-electron chi connectivity index (χ3n) is 3.92. The van der Waals surface area contributed by atoms with E-state index in [0.29, 0.717) is 0 Å². The van der Waals surface area contributed by atoms with E-state index >= 15 is 0 Å². The van der Waals surface area contributed by atoms with Crippen LogP contribution in [0.15, 0.2) is 36.7 Å². The van der Waals surface area contributed by atoms with E-state index < -0.39 is 0 Å². The summed E-state index contributed by atoms with van der Waals surface area (Å²) in [6, 6.07) is 8.35. The van der Waals surface area contributed by atoms with Crippen LogP contribution in [0.1, 0.15) is 32.3 Å². The van der Waals surface area contributed by atoms with Gasteiger partial charge in [0, 0.05) is 36.5 Å². The lowest BCUT2D eigenvalue weighted by molar-refractivity contribution is 0.214. The molecular formula is C16H22N2O. The van der Waals surface area contributed by atoms with Gasteiger partial charge in [0.2, 0.25) is 0 Å². The van der Waals surface area contributed by atoms with Gasteiger partial charge in [0.25, 0.3) is 0 Å². The summed E-state index contributed by atoms with van der Waals surface area (Å²) in [5.41, 5.74) is 1.27. The number of aliphatic hydroxyl groups excluding tert-OH is 1. The maximum atomic E-state index is 9.15. The van der Waals surface area contributed by atoms with Crippen molar-refractivity contribution in [2.24, 2.45) is 0 Å². The molecule has 3 heteroatoms. The fourth-order valence-corrected chi connectivity index (χ4v) is 2.29. The first-order valence-corrected chi connectivity index (χ1v) is 6.86. The van der Waals surface area contributed by atoms with Crippen LogP contribution in [0, 0.1) is 0 Å². The van der Waals surface area contributed by atoms with Crippen molar-refractivity contribution in [3.63, 3.8) is 0 Å². The number of nitrogens with zero attached hydrogens (tertiary/aromatic N) is 1. The zero-order chi connectivity index (χ0) is 13.7. The normalized spacial score (nSPS) is 14.5. The summed E-state index contributed by atoms with van der Waals surface area (Å²) in [5, 5.41) is 15.1. The number of rotatable bonds is 6. The van der Waals surface area contributed by atoms with Gasteiger partial charge >= 0.3 is 0 Å². The molecule has 0 saturated heterocycles. The largest absolute Gasteiger partial charge is 0.396 e. The molecule has 0 spiro atoms. The Hall–Kier alpha value is -1.45. The molecule has 0 aliphatic carbocycles. The molecule has 0 aliphatic heterocycles. The number of hydrogen-bond acceptors (Lipinski definition) is 3. The van der Waals surface area contributed by atoms with Gasteiger partial charge in [-0.15, -0.1) is 0 Å². The number of fused-ring (bicyclic) bond motifs is 1. The van der Waals surface area contributed by atoms with Gasteiger partial charge in [0.15, 0.2) is 0 Å². The number of aromatic nitrogens is 1. The summed E-state index contributed by atoms with van der Waals surface area (Å²) >= 11 is 0. The molecule has 0 fully saturated rings. The Morgan fingerprint density at radius 2 is 2.16 bits per heavy atom. The summed E-state index contributed by atoms with van der Waals surface area (Å²) in [5.74, 6) is 0. The maximum absolute atomic E-state index is 9.15. The number of hydrogen-bond donors (Lipinski definition) is 2. The molecule has 0 aliphatic rings. The van der Waals surface area contributed by atoms with Crippen molar-refractivity contribution in [3.05, 3.63) is 42.2 Å². The molecule has 19 heavy (non-hydrogen) atoms. The monoisotopic (exact) mass is 258 g/mol. The molecule has 102 valence electrons. The molecule has 0 bridgehead atoms. The third-order valence-corrected chi connectivity index (χ3v) is 3.92. The van der Waals surface area contributed by atoms with Crippen molar-refractivity contribution in [1.82, 2.24) is 10.3 Å². The van der Waals surface area contributed by atoms with Crippen LogP contribution in [0.25, 0.3) is 10.8 Å². The molecule has 1 heterocycles. The molecule has 1 atom stereocenters. The van der Waals surface area contributed by atoms with E-state index in [4.69, 9.17) is 5.11 Å². The van der Waals surface area contributed by atoms with Gasteiger partial charge in [-0.05, 0) is 36.8 Å². The van der Waals surface area contributed by atoms with Crippen molar-refractivity contribution in [2.45, 2.75) is 38.8 Å². The quantitative estimate of drug-likeness (QED) is 0.837. The summed E-state index contributed by atoms with van der Waals surface area (Å²) < 4.78 is 0. The Balaban J connectivity index is 2.17. The van der Waals surface area contributed by atoms with Crippen molar-refractivity contribution < 1.29 is 5.11 Å². The minimum absolute atomic E-state index is 0.00998. The molecule has 0 radical (unpaired) electrons. The SMILES string of the molecule is CCC(C)(CCO)NCc1cccc2cnccc12. The van der Waals surface area contributed by atoms with E-state index in [9.17, 15) is 0 Å². The first-order valence-electron chi connectivity index (χ1n) is 6.86. The fraction of sp³-hybridized carbons (Fsp3) is 0.438. The lowest BCUT2D eigenvalue weighted by Gasteiger charge is -2.29. The minimum Gasteiger partial charge on any atom is -0.396 e. The Morgan fingerprint density at radius 1 is 1.32 bits per heavy atom. The fourth-order valence-electron chi connectivity index (χ4n) is 2.29. The van der Waals surface area contributed by atoms with E-state index in [2.05, 4.69) is 48.4 Å². The second-order valence-corrected chi connectivity index (χ2v) is 5.26. The van der Waals surface area contributed by atoms with Crippen LogP contribution in [0.5, 0.6) is 0 Å². The van der Waals surface area contributed by atoms with E-state index in [1.54, 1.807) is 0 Å². The van der Waals surface area contributed by atoms with Gasteiger partial charge in [-0.3, -0.25) is 4.98 Å². The van der Waals surface area contributed by atoms with Crippen LogP contribution in [-0.4, -0.2) is 22.2 Å². The minimum atomic E-state index is -0.00998. The summed E-state index contributed by atoms with van der Waals surface area (Å²) in [4.78, 5) is 4.16. The van der Waals surface area contributed by atoms with Gasteiger partial charge in [-0.25, -0.2) is 0 Å². The summed E-state index contributed by atoms with van der Waals surface area (Å²) in [6.45, 7) is 5.34. The molecule has 0 saturated carbocycles. The smallest absolute Gasteiger partial charge is 0.0448 e. The lowest BCUT2D eigenvalue weighted by atomic mass is 9.94. The van der Waals surface area contributed by atoms with E-state index in [1.165, 1.54) is 16.3 Å². The predicted molar refractivity (Wildman–Crippen MR) is 79.0 cm³/mol. The van der Waals surface area contributed by atoms with Gasteiger partial charge < -0.3 is 10.4 Å². The highest BCUT2D eigenvalue weighted by atomic mass is 16.3. The molecule has 2 N–H and O–H groups in total. The number of benzene rings is 1. The van der Waals surface area contributed by atoms with Crippen molar-refractivity contribution in [3.8, 4) is 0 Å². The average Bonchev–Trinajstić information content (AvgIpc) is 2.45. The van der Waals surface area contributed by atoms with Crippen LogP contribution in [0.3, 0.4) is 0 Å². The van der Waals surface area contributed by atoms with Crippen molar-refractivity contribution in [1.29, 1.82) is 0 Å². The number of nitrogens with one attached hydrogen (secondary N) is 1. The van der Waals surface area contributed by atoms with E-state index in [0.717, 1.165) is 19.4 Å². The first-order chi connectivity index (χ1) is 9.18. The van der Waals surface area contributed by atoms with Crippen molar-refractivity contribution >= 4 is 10.8 Å². The average molecular weight is 258 g/mol. The molecule has 1 unspecified atom stereocenters. The van der Waals surface area contributed by atoms with Gasteiger partial charge in [-0.1, -0.05) is 25.1 Å². The third kappa shape index (κ3) is 3.31. The van der Waals surface area contributed by atoms with Crippen LogP contribution < -0.4 is 5.32 Å². The van der Waals surface area contributed by atoms with Crippen molar-refractivity contribution in [2.75, 3.05) is 6.61 Å². The molecule has 2 aromatic rings. The summed E-state index contributed by atoms with van der Waals surface area (Å²) in [6.07, 6.45) is 5.50. The molecule has 1 aromatic heterocycles. The number of aliphatic hydroxyl groups is 1. The Morgan fingerprint density at radius 3 is 2.89 bits per heavy atom. The molecule has 0 amide bonds. The second-order valence-electron chi connectivity index (χ2n) is 5.26. The van der Waals surface area contributed by atoms with Crippen LogP contribution in [0.2, 0.25) is 0 Å². The molecule has 2 rings (SSSR count). The predicted octanol–water partition coefficient (Wildman–Crippen LogP) is 2.88. The molecule has 3 nitrogen and oxygen atoms in total. The maximum Gasteiger partial charge on any atom is 0.0448 e. The number of pyridine rings is 1. The topological polar surface area (TPSA) is 45.1 Å².